The molecule has 1 N–H and O–H groups in total. The summed E-state index contributed by atoms with van der Waals surface area (Å²) in [6.07, 6.45) is 3.09. The number of nitrogens with one attached hydrogen (secondary N) is 1. The normalized spacial score (nSPS) is 20.3. The first-order valence-electron chi connectivity index (χ1n) is 10.7. The lowest BCUT2D eigenvalue weighted by Gasteiger charge is -2.35. The Balaban J connectivity index is 1.37. The monoisotopic (exact) mass is 410 g/mol. The van der Waals surface area contributed by atoms with Crippen molar-refractivity contribution in [2.75, 3.05) is 56.5 Å². The molecule has 1 aromatic heterocycles. The summed E-state index contributed by atoms with van der Waals surface area (Å²) in [4.78, 5) is 31.9. The first kappa shape index (κ1) is 20.5. The number of hydrogen-bond acceptors (Lipinski definition) is 5. The van der Waals surface area contributed by atoms with Crippen LogP contribution in [0.15, 0.2) is 41.0 Å². The first-order chi connectivity index (χ1) is 14.5. The van der Waals surface area contributed by atoms with Crippen LogP contribution in [0.4, 0.5) is 11.4 Å². The smallest absolute Gasteiger partial charge is 0.289 e. The van der Waals surface area contributed by atoms with E-state index >= 15 is 0 Å². The Kier molecular flexibility index (Phi) is 6.08. The number of amides is 2. The molecule has 7 nitrogen and oxygen atoms in total. The molecule has 2 aliphatic heterocycles. The Morgan fingerprint density at radius 2 is 1.90 bits per heavy atom. The molecule has 0 radical (unpaired) electrons. The van der Waals surface area contributed by atoms with E-state index in [9.17, 15) is 9.59 Å². The number of anilines is 2. The SMILES string of the molecule is Cc1cc(NC(=O)[C@H]2CCCN(C(=O)c3ccco3)C2)ccc1N1CCN(C)CC1. The summed E-state index contributed by atoms with van der Waals surface area (Å²) < 4.78 is 5.22. The maximum atomic E-state index is 12.9. The number of furan rings is 1. The lowest BCUT2D eigenvalue weighted by molar-refractivity contribution is -0.121. The van der Waals surface area contributed by atoms with Crippen LogP contribution in [0, 0.1) is 12.8 Å². The van der Waals surface area contributed by atoms with Gasteiger partial charge in [-0.1, -0.05) is 0 Å². The second kappa shape index (κ2) is 8.92. The summed E-state index contributed by atoms with van der Waals surface area (Å²) >= 11 is 0. The van der Waals surface area contributed by atoms with Gasteiger partial charge in [0.1, 0.15) is 0 Å². The predicted molar refractivity (Wildman–Crippen MR) is 117 cm³/mol. The quantitative estimate of drug-likeness (QED) is 0.840. The van der Waals surface area contributed by atoms with Crippen molar-refractivity contribution in [3.05, 3.63) is 47.9 Å². The number of piperazine rings is 1. The Labute approximate surface area is 177 Å². The van der Waals surface area contributed by atoms with Crippen LogP contribution in [0.5, 0.6) is 0 Å². The molecule has 3 heterocycles. The van der Waals surface area contributed by atoms with Crippen molar-refractivity contribution in [1.29, 1.82) is 0 Å². The fourth-order valence-electron chi connectivity index (χ4n) is 4.31. The molecular formula is C23H30N4O3. The fourth-order valence-corrected chi connectivity index (χ4v) is 4.31. The molecule has 7 heteroatoms. The Morgan fingerprint density at radius 3 is 2.60 bits per heavy atom. The highest BCUT2D eigenvalue weighted by Gasteiger charge is 2.30. The van der Waals surface area contributed by atoms with Crippen LogP contribution in [0.25, 0.3) is 0 Å². The van der Waals surface area contributed by atoms with E-state index in [1.165, 1.54) is 12.0 Å². The maximum Gasteiger partial charge on any atom is 0.289 e. The van der Waals surface area contributed by atoms with Crippen molar-refractivity contribution in [3.8, 4) is 0 Å². The van der Waals surface area contributed by atoms with Crippen molar-refractivity contribution in [2.45, 2.75) is 19.8 Å². The van der Waals surface area contributed by atoms with Crippen LogP contribution in [-0.2, 0) is 4.79 Å². The summed E-state index contributed by atoms with van der Waals surface area (Å²) in [7, 11) is 2.15. The highest BCUT2D eigenvalue weighted by molar-refractivity contribution is 5.95. The van der Waals surface area contributed by atoms with Gasteiger partial charge in [0.25, 0.3) is 5.91 Å². The summed E-state index contributed by atoms with van der Waals surface area (Å²) in [6.45, 7) is 7.33. The molecule has 160 valence electrons. The van der Waals surface area contributed by atoms with E-state index < -0.39 is 0 Å². The van der Waals surface area contributed by atoms with Crippen LogP contribution in [0.3, 0.4) is 0 Å². The van der Waals surface area contributed by atoms with Gasteiger partial charge < -0.3 is 24.4 Å². The molecule has 0 unspecified atom stereocenters. The van der Waals surface area contributed by atoms with E-state index in [2.05, 4.69) is 35.2 Å². The van der Waals surface area contributed by atoms with Crippen molar-refractivity contribution in [1.82, 2.24) is 9.80 Å². The summed E-state index contributed by atoms with van der Waals surface area (Å²) in [6, 6.07) is 9.49. The second-order valence-corrected chi connectivity index (χ2v) is 8.35. The van der Waals surface area contributed by atoms with E-state index in [1.807, 2.05) is 12.1 Å². The lowest BCUT2D eigenvalue weighted by Crippen LogP contribution is -2.44. The molecule has 0 saturated carbocycles. The Hall–Kier alpha value is -2.80. The van der Waals surface area contributed by atoms with Gasteiger partial charge in [0.2, 0.25) is 5.91 Å². The van der Waals surface area contributed by atoms with Gasteiger partial charge in [-0.25, -0.2) is 0 Å². The zero-order valence-corrected chi connectivity index (χ0v) is 17.8. The molecule has 0 aliphatic carbocycles. The lowest BCUT2D eigenvalue weighted by atomic mass is 9.96. The van der Waals surface area contributed by atoms with E-state index in [0.717, 1.165) is 50.3 Å². The Bertz CT molecular complexity index is 888. The average molecular weight is 411 g/mol. The van der Waals surface area contributed by atoms with Crippen molar-refractivity contribution in [3.63, 3.8) is 0 Å². The largest absolute Gasteiger partial charge is 0.459 e. The number of likely N-dealkylation sites (N-methyl/N-ethyl adjacent to an activating group) is 1. The number of hydrogen-bond donors (Lipinski definition) is 1. The van der Waals surface area contributed by atoms with Crippen LogP contribution in [-0.4, -0.2) is 67.9 Å². The molecule has 0 spiro atoms. The highest BCUT2D eigenvalue weighted by Crippen LogP contribution is 2.26. The van der Waals surface area contributed by atoms with Crippen LogP contribution in [0.1, 0.15) is 29.0 Å². The number of rotatable bonds is 4. The van der Waals surface area contributed by atoms with Crippen LogP contribution in [0.2, 0.25) is 0 Å². The third-order valence-electron chi connectivity index (χ3n) is 6.12. The van der Waals surface area contributed by atoms with Gasteiger partial charge in [0.15, 0.2) is 5.76 Å². The third-order valence-corrected chi connectivity index (χ3v) is 6.12. The maximum absolute atomic E-state index is 12.9. The zero-order valence-electron chi connectivity index (χ0n) is 17.8. The highest BCUT2D eigenvalue weighted by atomic mass is 16.3. The third kappa shape index (κ3) is 4.51. The molecule has 1 aromatic carbocycles. The van der Waals surface area contributed by atoms with Crippen LogP contribution < -0.4 is 10.2 Å². The second-order valence-electron chi connectivity index (χ2n) is 8.35. The first-order valence-corrected chi connectivity index (χ1v) is 10.7. The van der Waals surface area contributed by atoms with Gasteiger partial charge >= 0.3 is 0 Å². The minimum atomic E-state index is -0.213. The molecule has 0 bridgehead atoms. The number of carbonyl (C=O) groups excluding carboxylic acids is 2. The molecular weight excluding hydrogens is 380 g/mol. The standard InChI is InChI=1S/C23H30N4O3/c1-17-15-19(7-8-20(17)26-12-10-25(2)11-13-26)24-22(28)18-5-3-9-27(16-18)23(29)21-6-4-14-30-21/h4,6-8,14-15,18H,3,5,9-13,16H2,1-2H3,(H,24,28)/t18-/m0/s1. The summed E-state index contributed by atoms with van der Waals surface area (Å²) in [5, 5.41) is 3.06. The molecule has 2 aromatic rings. The van der Waals surface area contributed by atoms with Gasteiger partial charge in [0, 0.05) is 50.6 Å². The molecule has 2 aliphatic rings. The zero-order chi connectivity index (χ0) is 21.1. The van der Waals surface area contributed by atoms with Crippen molar-refractivity contribution >= 4 is 23.2 Å². The van der Waals surface area contributed by atoms with E-state index in [-0.39, 0.29) is 17.7 Å². The molecule has 2 saturated heterocycles. The van der Waals surface area contributed by atoms with Crippen LogP contribution >= 0.6 is 0 Å². The van der Waals surface area contributed by atoms with E-state index in [4.69, 9.17) is 4.42 Å². The topological polar surface area (TPSA) is 69.0 Å². The van der Waals surface area contributed by atoms with Gasteiger partial charge in [0.05, 0.1) is 12.2 Å². The number of likely N-dealkylation sites (tertiary alicyclic amines) is 1. The average Bonchev–Trinajstić information content (AvgIpc) is 3.29. The number of piperidine rings is 1. The molecule has 1 atom stereocenters. The van der Waals surface area contributed by atoms with E-state index in [0.29, 0.717) is 18.8 Å². The van der Waals surface area contributed by atoms with Crippen molar-refractivity contribution in [2.24, 2.45) is 5.92 Å². The predicted octanol–water partition coefficient (Wildman–Crippen LogP) is 2.83. The summed E-state index contributed by atoms with van der Waals surface area (Å²) in [5.41, 5.74) is 3.20. The van der Waals surface area contributed by atoms with Gasteiger partial charge in [-0.3, -0.25) is 9.59 Å². The Morgan fingerprint density at radius 1 is 1.10 bits per heavy atom. The minimum Gasteiger partial charge on any atom is -0.459 e. The molecule has 2 amide bonds. The van der Waals surface area contributed by atoms with E-state index in [1.54, 1.807) is 17.0 Å². The number of nitrogens with zero attached hydrogens (tertiary/aromatic N) is 3. The fraction of sp³-hybridized carbons (Fsp3) is 0.478. The molecule has 2 fully saturated rings. The molecule has 4 rings (SSSR count). The number of benzene rings is 1. The number of carbonyl (C=O) groups is 2. The molecule has 30 heavy (non-hydrogen) atoms. The van der Waals surface area contributed by atoms with Gasteiger partial charge in [-0.05, 0) is 62.7 Å². The minimum absolute atomic E-state index is 0.0290. The summed E-state index contributed by atoms with van der Waals surface area (Å²) in [5.74, 6) is -0.0648. The van der Waals surface area contributed by atoms with Crippen molar-refractivity contribution < 1.29 is 14.0 Å². The van der Waals surface area contributed by atoms with Gasteiger partial charge in [-0.2, -0.15) is 0 Å². The number of aryl methyl sites for hydroxylation is 1. The van der Waals surface area contributed by atoms with Gasteiger partial charge in [-0.15, -0.1) is 0 Å².